The van der Waals surface area contributed by atoms with Gasteiger partial charge in [-0.05, 0) is 98.8 Å². The zero-order valence-corrected chi connectivity index (χ0v) is 34.6. The summed E-state index contributed by atoms with van der Waals surface area (Å²) in [5, 5.41) is 11.4. The number of hydrogen-bond acceptors (Lipinski definition) is 11. The molecule has 4 rings (SSSR count). The molecule has 12 nitrogen and oxygen atoms in total. The van der Waals surface area contributed by atoms with E-state index in [0.717, 1.165) is 19.0 Å². The highest BCUT2D eigenvalue weighted by atomic mass is 16.7. The van der Waals surface area contributed by atoms with Gasteiger partial charge in [0.15, 0.2) is 12.1 Å². The van der Waals surface area contributed by atoms with E-state index in [1.165, 1.54) is 12.8 Å². The van der Waals surface area contributed by atoms with E-state index in [9.17, 15) is 19.5 Å². The number of amides is 1. The molecule has 1 saturated carbocycles. The first-order valence-electron chi connectivity index (χ1n) is 19.7. The van der Waals surface area contributed by atoms with Crippen molar-refractivity contribution in [3.8, 4) is 0 Å². The number of methoxy groups -OCH3 is 1. The second-order valence-electron chi connectivity index (χ2n) is 18.9. The summed E-state index contributed by atoms with van der Waals surface area (Å²) in [6, 6.07) is -0.324. The van der Waals surface area contributed by atoms with E-state index in [-0.39, 0.29) is 53.7 Å². The molecular formula is C40H72N4O8. The number of carbonyl (C=O) groups excluding carboxylic acids is 3. The maximum Gasteiger partial charge on any atom is 0.319 e. The fourth-order valence-corrected chi connectivity index (χ4v) is 9.13. The summed E-state index contributed by atoms with van der Waals surface area (Å²) in [6.45, 7) is 19.4. The van der Waals surface area contributed by atoms with E-state index in [4.69, 9.17) is 18.9 Å². The van der Waals surface area contributed by atoms with Crippen LogP contribution in [0.5, 0.6) is 0 Å². The van der Waals surface area contributed by atoms with E-state index < -0.39 is 41.4 Å². The van der Waals surface area contributed by atoms with Gasteiger partial charge in [-0.25, -0.2) is 0 Å². The van der Waals surface area contributed by atoms with Crippen LogP contribution in [0.1, 0.15) is 87.5 Å². The van der Waals surface area contributed by atoms with Gasteiger partial charge in [0.2, 0.25) is 5.91 Å². The van der Waals surface area contributed by atoms with Gasteiger partial charge in [-0.3, -0.25) is 19.3 Å². The maximum atomic E-state index is 14.3. The summed E-state index contributed by atoms with van der Waals surface area (Å²) < 4.78 is 25.1. The van der Waals surface area contributed by atoms with Crippen LogP contribution in [0.25, 0.3) is 0 Å². The van der Waals surface area contributed by atoms with Crippen molar-refractivity contribution >= 4 is 17.7 Å². The summed E-state index contributed by atoms with van der Waals surface area (Å²) in [6.07, 6.45) is 1.36. The lowest BCUT2D eigenvalue weighted by molar-refractivity contribution is -0.295. The minimum Gasteiger partial charge on any atom is -0.463 e. The second kappa shape index (κ2) is 17.0. The number of carbonyl (C=O) groups is 3. The van der Waals surface area contributed by atoms with Gasteiger partial charge in [-0.15, -0.1) is 0 Å². The molecule has 0 spiro atoms. The molecule has 3 saturated heterocycles. The number of rotatable bonds is 11. The first kappa shape index (κ1) is 43.1. The molecule has 4 aliphatic rings. The Morgan fingerprint density at radius 3 is 2.27 bits per heavy atom. The zero-order chi connectivity index (χ0) is 38.9. The number of nitrogens with zero attached hydrogens (tertiary/aromatic N) is 4. The third-order valence-corrected chi connectivity index (χ3v) is 12.3. The third kappa shape index (κ3) is 10.3. The van der Waals surface area contributed by atoms with E-state index in [0.29, 0.717) is 38.9 Å². The fourth-order valence-electron chi connectivity index (χ4n) is 9.13. The van der Waals surface area contributed by atoms with Crippen LogP contribution in [0.4, 0.5) is 0 Å². The van der Waals surface area contributed by atoms with Gasteiger partial charge in [0.1, 0.15) is 18.1 Å². The summed E-state index contributed by atoms with van der Waals surface area (Å²) in [4.78, 5) is 50.1. The molecule has 1 amide bonds. The topological polar surface area (TPSA) is 121 Å². The molecule has 52 heavy (non-hydrogen) atoms. The van der Waals surface area contributed by atoms with Crippen LogP contribution in [-0.4, -0.2) is 159 Å². The first-order chi connectivity index (χ1) is 24.1. The Morgan fingerprint density at radius 1 is 1.06 bits per heavy atom. The van der Waals surface area contributed by atoms with Gasteiger partial charge in [0.05, 0.1) is 17.8 Å². The highest BCUT2D eigenvalue weighted by Gasteiger charge is 2.52. The monoisotopic (exact) mass is 737 g/mol. The van der Waals surface area contributed by atoms with Crippen LogP contribution in [0.15, 0.2) is 0 Å². The van der Waals surface area contributed by atoms with Crippen molar-refractivity contribution in [3.63, 3.8) is 0 Å². The standard InChI is InChI=1S/C40H72N4O8/c1-25-17-40(8,49-13)35(52-36-33(46)30(41(9)10)16-26(2)51-36)27(3)34(47)39(6,7)37(48)50-23-31(43(12)19-25)29-21-44(22-29)32(45)18-38(4,5)24-42(11)20-28-14-15-28/h25-31,33,35-36,46H,14-24H2,1-13H3/t25-,26-,27+,30+,31?,33-,35-,36+,40-/m1/s1. The molecule has 1 unspecified atom stereocenters. The lowest BCUT2D eigenvalue weighted by Crippen LogP contribution is -2.60. The summed E-state index contributed by atoms with van der Waals surface area (Å²) >= 11 is 0. The van der Waals surface area contributed by atoms with Crippen LogP contribution in [-0.2, 0) is 33.3 Å². The number of esters is 1. The van der Waals surface area contributed by atoms with E-state index in [1.54, 1.807) is 27.9 Å². The molecule has 300 valence electrons. The van der Waals surface area contributed by atoms with Gasteiger partial charge >= 0.3 is 5.97 Å². The van der Waals surface area contributed by atoms with Crippen molar-refractivity contribution in [3.05, 3.63) is 0 Å². The Labute approximate surface area is 314 Å². The Bertz CT molecular complexity index is 1240. The van der Waals surface area contributed by atoms with Crippen LogP contribution >= 0.6 is 0 Å². The zero-order valence-electron chi connectivity index (χ0n) is 34.6. The van der Waals surface area contributed by atoms with Crippen molar-refractivity contribution in [1.82, 2.24) is 19.6 Å². The van der Waals surface area contributed by atoms with Crippen LogP contribution in [0.3, 0.4) is 0 Å². The predicted molar refractivity (Wildman–Crippen MR) is 201 cm³/mol. The Hall–Kier alpha value is -1.67. The Balaban J connectivity index is 1.51. The molecule has 9 atom stereocenters. The predicted octanol–water partition coefficient (Wildman–Crippen LogP) is 3.53. The number of hydrogen-bond donors (Lipinski definition) is 1. The molecule has 3 aliphatic heterocycles. The maximum absolute atomic E-state index is 14.3. The molecule has 1 aliphatic carbocycles. The van der Waals surface area contributed by atoms with Crippen molar-refractivity contribution < 1.29 is 38.4 Å². The largest absolute Gasteiger partial charge is 0.463 e. The number of likely N-dealkylation sites (N-methyl/N-ethyl adjacent to an activating group) is 2. The number of cyclic esters (lactones) is 1. The van der Waals surface area contributed by atoms with Crippen LogP contribution in [0, 0.1) is 34.5 Å². The molecule has 0 aromatic rings. The second-order valence-corrected chi connectivity index (χ2v) is 18.9. The van der Waals surface area contributed by atoms with Gasteiger partial charge < -0.3 is 38.8 Å². The van der Waals surface area contributed by atoms with Crippen LogP contribution in [0.2, 0.25) is 0 Å². The number of ketones is 1. The highest BCUT2D eigenvalue weighted by molar-refractivity contribution is 6.04. The molecule has 0 bridgehead atoms. The molecular weight excluding hydrogens is 664 g/mol. The van der Waals surface area contributed by atoms with Crippen molar-refractivity contribution in [2.75, 3.05) is 74.6 Å². The molecule has 1 N–H and O–H groups in total. The quantitative estimate of drug-likeness (QED) is 0.248. The molecule has 3 heterocycles. The average molecular weight is 737 g/mol. The van der Waals surface area contributed by atoms with Gasteiger partial charge in [-0.1, -0.05) is 27.7 Å². The molecule has 4 fully saturated rings. The summed E-state index contributed by atoms with van der Waals surface area (Å²) in [5.74, 6) is -0.509. The minimum absolute atomic E-state index is 0.0900. The fraction of sp³-hybridized carbons (Fsp3) is 0.925. The normalized spacial score (nSPS) is 36.2. The lowest BCUT2D eigenvalue weighted by Gasteiger charge is -2.48. The molecule has 0 radical (unpaired) electrons. The number of likely N-dealkylation sites (tertiary alicyclic amines) is 1. The minimum atomic E-state index is -1.47. The Kier molecular flexibility index (Phi) is 14.1. The van der Waals surface area contributed by atoms with E-state index in [1.807, 2.05) is 44.8 Å². The van der Waals surface area contributed by atoms with Gasteiger partial charge in [-0.2, -0.15) is 0 Å². The molecule has 0 aromatic heterocycles. The molecule has 0 aromatic carbocycles. The molecule has 12 heteroatoms. The van der Waals surface area contributed by atoms with E-state index in [2.05, 4.69) is 37.6 Å². The smallest absolute Gasteiger partial charge is 0.319 e. The number of Topliss-reactive ketones (excluding diaryl/α,β-unsaturated/α-hetero) is 1. The average Bonchev–Trinajstić information content (AvgIpc) is 3.83. The van der Waals surface area contributed by atoms with Crippen molar-refractivity contribution in [2.24, 2.45) is 34.5 Å². The number of aliphatic hydroxyl groups excluding tert-OH is 1. The van der Waals surface area contributed by atoms with Gasteiger partial charge in [0, 0.05) is 70.2 Å². The van der Waals surface area contributed by atoms with Crippen LogP contribution < -0.4 is 0 Å². The first-order valence-corrected chi connectivity index (χ1v) is 19.7. The summed E-state index contributed by atoms with van der Waals surface area (Å²) in [5.41, 5.74) is -2.56. The lowest BCUT2D eigenvalue weighted by atomic mass is 9.74. The van der Waals surface area contributed by atoms with Gasteiger partial charge in [0.25, 0.3) is 0 Å². The number of ether oxygens (including phenoxy) is 4. The van der Waals surface area contributed by atoms with Crippen molar-refractivity contribution in [2.45, 2.75) is 130 Å². The summed E-state index contributed by atoms with van der Waals surface area (Å²) in [7, 11) is 9.67. The SMILES string of the molecule is CO[C@]1(C)C[C@@H](C)CN(C)C(C2CN(C(=O)CC(C)(C)CN(C)CC3CC3)C2)COC(=O)C(C)(C)C(=O)[C@H](C)[C@H]1O[C@@H]1O[C@H](C)C[C@H](N(C)C)[C@H]1O. The highest BCUT2D eigenvalue weighted by Crippen LogP contribution is 2.39. The Morgan fingerprint density at radius 2 is 1.69 bits per heavy atom. The van der Waals surface area contributed by atoms with Crippen molar-refractivity contribution in [1.29, 1.82) is 0 Å². The van der Waals surface area contributed by atoms with E-state index >= 15 is 0 Å². The number of aliphatic hydroxyl groups is 1. The third-order valence-electron chi connectivity index (χ3n) is 12.3.